The molecular weight excluding hydrogens is 221 g/mol. The van der Waals surface area contributed by atoms with E-state index in [1.807, 2.05) is 0 Å². The van der Waals surface area contributed by atoms with Crippen LogP contribution in [0.15, 0.2) is 30.3 Å². The molecule has 2 aliphatic rings. The summed E-state index contributed by atoms with van der Waals surface area (Å²) in [5.74, 6) is 0. The zero-order valence-corrected chi connectivity index (χ0v) is 11.4. The molecule has 2 heterocycles. The lowest BCUT2D eigenvalue weighted by atomic mass is 9.72. The van der Waals surface area contributed by atoms with E-state index in [1.54, 1.807) is 0 Å². The highest BCUT2D eigenvalue weighted by Gasteiger charge is 2.55. The Morgan fingerprint density at radius 1 is 1.28 bits per heavy atom. The molecule has 0 amide bonds. The van der Waals surface area contributed by atoms with Crippen LogP contribution in [0.2, 0.25) is 0 Å². The average Bonchev–Trinajstić information content (AvgIpc) is 3.01. The number of fused-ring (bicyclic) bond motifs is 1. The lowest BCUT2D eigenvalue weighted by Crippen LogP contribution is -2.45. The Morgan fingerprint density at radius 3 is 2.67 bits per heavy atom. The Balaban J connectivity index is 1.94. The van der Waals surface area contributed by atoms with Gasteiger partial charge in [-0.15, -0.1) is 0 Å². The SMILES string of the molecule is CCC1(CC)OB(c2ccccc2)N2CCCC21. The molecule has 0 saturated carbocycles. The summed E-state index contributed by atoms with van der Waals surface area (Å²) in [5, 5.41) is 0. The Kier molecular flexibility index (Phi) is 3.20. The molecule has 3 rings (SSSR count). The minimum absolute atomic E-state index is 0.0804. The van der Waals surface area contributed by atoms with Gasteiger partial charge in [0.1, 0.15) is 0 Å². The fourth-order valence-corrected chi connectivity index (χ4v) is 3.77. The third kappa shape index (κ3) is 1.72. The van der Waals surface area contributed by atoms with E-state index in [1.165, 1.54) is 24.8 Å². The van der Waals surface area contributed by atoms with E-state index in [-0.39, 0.29) is 12.7 Å². The Bertz CT molecular complexity index is 404. The van der Waals surface area contributed by atoms with Crippen LogP contribution in [0.3, 0.4) is 0 Å². The number of benzene rings is 1. The monoisotopic (exact) mass is 243 g/mol. The molecule has 2 saturated heterocycles. The number of hydrogen-bond donors (Lipinski definition) is 0. The first-order valence-corrected chi connectivity index (χ1v) is 7.29. The summed E-state index contributed by atoms with van der Waals surface area (Å²) in [7, 11) is 0.179. The van der Waals surface area contributed by atoms with Crippen LogP contribution >= 0.6 is 0 Å². The van der Waals surface area contributed by atoms with Crippen molar-refractivity contribution >= 4 is 12.5 Å². The Labute approximate surface area is 110 Å². The standard InChI is InChI=1S/C15H22BNO/c1-3-15(4-2)14-11-8-12-17(14)16(18-15)13-9-6-5-7-10-13/h5-7,9-10,14H,3-4,8,11-12H2,1-2H3. The van der Waals surface area contributed by atoms with Crippen LogP contribution in [0.1, 0.15) is 39.5 Å². The third-order valence-corrected chi connectivity index (χ3v) is 4.83. The summed E-state index contributed by atoms with van der Waals surface area (Å²) in [5.41, 5.74) is 1.39. The Hall–Kier alpha value is -0.795. The van der Waals surface area contributed by atoms with E-state index in [0.717, 1.165) is 12.8 Å². The molecule has 0 aliphatic carbocycles. The zero-order valence-electron chi connectivity index (χ0n) is 11.4. The molecule has 0 aromatic heterocycles. The zero-order chi connectivity index (χ0) is 12.6. The van der Waals surface area contributed by atoms with Crippen LogP contribution in [0.4, 0.5) is 0 Å². The van der Waals surface area contributed by atoms with Crippen LogP contribution in [-0.2, 0) is 4.65 Å². The predicted molar refractivity (Wildman–Crippen MR) is 76.0 cm³/mol. The quantitative estimate of drug-likeness (QED) is 0.756. The first-order chi connectivity index (χ1) is 8.80. The maximum atomic E-state index is 6.53. The van der Waals surface area contributed by atoms with Crippen molar-refractivity contribution in [1.82, 2.24) is 4.81 Å². The highest BCUT2D eigenvalue weighted by atomic mass is 16.5. The van der Waals surface area contributed by atoms with Gasteiger partial charge in [0.25, 0.3) is 0 Å². The van der Waals surface area contributed by atoms with Crippen molar-refractivity contribution in [3.8, 4) is 0 Å². The first kappa shape index (κ1) is 12.2. The van der Waals surface area contributed by atoms with Crippen LogP contribution in [0, 0.1) is 0 Å². The molecule has 2 fully saturated rings. The van der Waals surface area contributed by atoms with E-state index in [0.29, 0.717) is 6.04 Å². The molecule has 0 bridgehead atoms. The van der Waals surface area contributed by atoms with Crippen molar-refractivity contribution in [3.05, 3.63) is 30.3 Å². The maximum absolute atomic E-state index is 6.53. The van der Waals surface area contributed by atoms with Gasteiger partial charge in [-0.3, -0.25) is 0 Å². The summed E-state index contributed by atoms with van der Waals surface area (Å²) >= 11 is 0. The van der Waals surface area contributed by atoms with Gasteiger partial charge in [0.05, 0.1) is 5.60 Å². The molecule has 0 radical (unpaired) electrons. The Morgan fingerprint density at radius 2 is 2.00 bits per heavy atom. The minimum Gasteiger partial charge on any atom is -0.410 e. The third-order valence-electron chi connectivity index (χ3n) is 4.83. The summed E-state index contributed by atoms with van der Waals surface area (Å²) in [4.78, 5) is 2.59. The molecule has 2 nitrogen and oxygen atoms in total. The van der Waals surface area contributed by atoms with Crippen molar-refractivity contribution in [2.24, 2.45) is 0 Å². The van der Waals surface area contributed by atoms with E-state index in [4.69, 9.17) is 4.65 Å². The van der Waals surface area contributed by atoms with Gasteiger partial charge in [0.2, 0.25) is 0 Å². The second kappa shape index (κ2) is 4.71. The van der Waals surface area contributed by atoms with E-state index in [9.17, 15) is 0 Å². The second-order valence-electron chi connectivity index (χ2n) is 5.55. The van der Waals surface area contributed by atoms with Gasteiger partial charge in [-0.25, -0.2) is 0 Å². The van der Waals surface area contributed by atoms with Gasteiger partial charge in [-0.1, -0.05) is 44.2 Å². The van der Waals surface area contributed by atoms with Gasteiger partial charge in [0, 0.05) is 6.04 Å². The van der Waals surface area contributed by atoms with E-state index in [2.05, 4.69) is 49.0 Å². The van der Waals surface area contributed by atoms with Crippen molar-refractivity contribution in [2.75, 3.05) is 6.54 Å². The van der Waals surface area contributed by atoms with Gasteiger partial charge in [-0.05, 0) is 37.7 Å². The lowest BCUT2D eigenvalue weighted by Gasteiger charge is -2.32. The average molecular weight is 243 g/mol. The van der Waals surface area contributed by atoms with Gasteiger partial charge in [0.15, 0.2) is 0 Å². The predicted octanol–water partition coefficient (Wildman–Crippen LogP) is 2.44. The largest absolute Gasteiger partial charge is 0.419 e. The summed E-state index contributed by atoms with van der Waals surface area (Å²) in [6.45, 7) is 5.73. The smallest absolute Gasteiger partial charge is 0.410 e. The summed E-state index contributed by atoms with van der Waals surface area (Å²) in [6.07, 6.45) is 4.85. The lowest BCUT2D eigenvalue weighted by molar-refractivity contribution is 0.0548. The fraction of sp³-hybridized carbons (Fsp3) is 0.600. The molecule has 1 atom stereocenters. The minimum atomic E-state index is 0.0804. The summed E-state index contributed by atoms with van der Waals surface area (Å²) < 4.78 is 6.53. The van der Waals surface area contributed by atoms with Gasteiger partial charge < -0.3 is 9.47 Å². The molecular formula is C15H22BNO. The van der Waals surface area contributed by atoms with Crippen LogP contribution < -0.4 is 5.46 Å². The van der Waals surface area contributed by atoms with Crippen molar-refractivity contribution in [2.45, 2.75) is 51.2 Å². The molecule has 18 heavy (non-hydrogen) atoms. The first-order valence-electron chi connectivity index (χ1n) is 7.29. The van der Waals surface area contributed by atoms with Crippen LogP contribution in [-0.4, -0.2) is 30.0 Å². The normalized spacial score (nSPS) is 26.6. The topological polar surface area (TPSA) is 12.5 Å². The molecule has 96 valence electrons. The van der Waals surface area contributed by atoms with Gasteiger partial charge in [-0.2, -0.15) is 0 Å². The number of rotatable bonds is 3. The maximum Gasteiger partial charge on any atom is 0.419 e. The van der Waals surface area contributed by atoms with Crippen molar-refractivity contribution in [3.63, 3.8) is 0 Å². The highest BCUT2D eigenvalue weighted by molar-refractivity contribution is 6.65. The second-order valence-corrected chi connectivity index (χ2v) is 5.55. The van der Waals surface area contributed by atoms with E-state index < -0.39 is 0 Å². The van der Waals surface area contributed by atoms with Crippen molar-refractivity contribution in [1.29, 1.82) is 0 Å². The molecule has 3 heteroatoms. The number of hydrogen-bond acceptors (Lipinski definition) is 2. The van der Waals surface area contributed by atoms with E-state index >= 15 is 0 Å². The number of nitrogens with zero attached hydrogens (tertiary/aromatic N) is 1. The van der Waals surface area contributed by atoms with Gasteiger partial charge >= 0.3 is 7.05 Å². The summed E-state index contributed by atoms with van der Waals surface area (Å²) in [6, 6.07) is 11.3. The fourth-order valence-electron chi connectivity index (χ4n) is 3.77. The molecule has 1 aromatic carbocycles. The molecule has 1 unspecified atom stereocenters. The van der Waals surface area contributed by atoms with Crippen LogP contribution in [0.25, 0.3) is 0 Å². The van der Waals surface area contributed by atoms with Crippen LogP contribution in [0.5, 0.6) is 0 Å². The molecule has 0 N–H and O–H groups in total. The highest BCUT2D eigenvalue weighted by Crippen LogP contribution is 2.41. The molecule has 0 spiro atoms. The molecule has 1 aromatic rings. The van der Waals surface area contributed by atoms with Crippen molar-refractivity contribution < 1.29 is 4.65 Å². The molecule has 2 aliphatic heterocycles.